The van der Waals surface area contributed by atoms with Gasteiger partial charge in [0.15, 0.2) is 0 Å². The van der Waals surface area contributed by atoms with Crippen molar-refractivity contribution < 1.29 is 14.3 Å². The lowest BCUT2D eigenvalue weighted by Gasteiger charge is -2.19. The molecule has 1 atom stereocenters. The SMILES string of the molecule is COc1ccc(NC(=O)NC(c2cccc(C)n2)C2CC2)cc1C(N)=O. The summed E-state index contributed by atoms with van der Waals surface area (Å²) in [6.07, 6.45) is 2.13. The van der Waals surface area contributed by atoms with Crippen LogP contribution in [-0.2, 0) is 0 Å². The van der Waals surface area contributed by atoms with Crippen LogP contribution < -0.4 is 21.1 Å². The Morgan fingerprint density at radius 1 is 1.27 bits per heavy atom. The van der Waals surface area contributed by atoms with E-state index in [4.69, 9.17) is 10.5 Å². The van der Waals surface area contributed by atoms with Crippen molar-refractivity contribution in [2.75, 3.05) is 12.4 Å². The number of nitrogens with two attached hydrogens (primary N) is 1. The first-order valence-electron chi connectivity index (χ1n) is 8.47. The van der Waals surface area contributed by atoms with Gasteiger partial charge in [0.05, 0.1) is 24.4 Å². The maximum absolute atomic E-state index is 12.5. The van der Waals surface area contributed by atoms with Gasteiger partial charge in [0.1, 0.15) is 5.75 Å². The molecule has 4 N–H and O–H groups in total. The highest BCUT2D eigenvalue weighted by atomic mass is 16.5. The molecule has 0 spiro atoms. The average molecular weight is 354 g/mol. The molecule has 0 radical (unpaired) electrons. The van der Waals surface area contributed by atoms with Gasteiger partial charge in [0, 0.05) is 11.4 Å². The molecule has 1 unspecified atom stereocenters. The molecule has 0 bridgehead atoms. The third kappa shape index (κ3) is 4.11. The average Bonchev–Trinajstić information content (AvgIpc) is 3.44. The summed E-state index contributed by atoms with van der Waals surface area (Å²) in [7, 11) is 1.46. The number of aromatic nitrogens is 1. The smallest absolute Gasteiger partial charge is 0.319 e. The van der Waals surface area contributed by atoms with Crippen LogP contribution in [0, 0.1) is 12.8 Å². The van der Waals surface area contributed by atoms with E-state index < -0.39 is 5.91 Å². The number of methoxy groups -OCH3 is 1. The number of urea groups is 1. The summed E-state index contributed by atoms with van der Waals surface area (Å²) in [6, 6.07) is 10.0. The molecule has 1 heterocycles. The third-order valence-corrected chi connectivity index (χ3v) is 4.33. The van der Waals surface area contributed by atoms with Crippen LogP contribution in [0.2, 0.25) is 0 Å². The van der Waals surface area contributed by atoms with Crippen molar-refractivity contribution in [2.24, 2.45) is 11.7 Å². The van der Waals surface area contributed by atoms with E-state index in [1.807, 2.05) is 25.1 Å². The Morgan fingerprint density at radius 2 is 2.04 bits per heavy atom. The van der Waals surface area contributed by atoms with E-state index in [1.165, 1.54) is 13.2 Å². The topological polar surface area (TPSA) is 106 Å². The Bertz CT molecular complexity index is 833. The first kappa shape index (κ1) is 17.7. The number of nitrogens with zero attached hydrogens (tertiary/aromatic N) is 1. The van der Waals surface area contributed by atoms with E-state index in [2.05, 4.69) is 15.6 Å². The molecule has 0 saturated heterocycles. The Labute approximate surface area is 151 Å². The lowest BCUT2D eigenvalue weighted by molar-refractivity contribution is 0.0997. The van der Waals surface area contributed by atoms with E-state index in [9.17, 15) is 9.59 Å². The highest BCUT2D eigenvalue weighted by molar-refractivity contribution is 5.98. The number of benzene rings is 1. The number of primary amides is 1. The van der Waals surface area contributed by atoms with Gasteiger partial charge in [-0.05, 0) is 56.0 Å². The summed E-state index contributed by atoms with van der Waals surface area (Å²) in [6.45, 7) is 1.93. The zero-order valence-electron chi connectivity index (χ0n) is 14.8. The fourth-order valence-corrected chi connectivity index (χ4v) is 2.89. The van der Waals surface area contributed by atoms with E-state index in [0.29, 0.717) is 17.4 Å². The minimum absolute atomic E-state index is 0.135. The first-order valence-corrected chi connectivity index (χ1v) is 8.47. The van der Waals surface area contributed by atoms with Crippen LogP contribution in [0.5, 0.6) is 5.75 Å². The predicted molar refractivity (Wildman–Crippen MR) is 98.1 cm³/mol. The fraction of sp³-hybridized carbons (Fsp3) is 0.316. The van der Waals surface area contributed by atoms with Crippen molar-refractivity contribution in [1.29, 1.82) is 0 Å². The molecule has 136 valence electrons. The maximum Gasteiger partial charge on any atom is 0.319 e. The Hall–Kier alpha value is -3.09. The Morgan fingerprint density at radius 3 is 2.65 bits per heavy atom. The Balaban J connectivity index is 1.73. The lowest BCUT2D eigenvalue weighted by atomic mass is 10.1. The molecule has 1 aliphatic rings. The monoisotopic (exact) mass is 354 g/mol. The van der Waals surface area contributed by atoms with E-state index in [1.54, 1.807) is 12.1 Å². The fourth-order valence-electron chi connectivity index (χ4n) is 2.89. The van der Waals surface area contributed by atoms with Gasteiger partial charge >= 0.3 is 6.03 Å². The standard InChI is InChI=1S/C19H22N4O3/c1-11-4-3-5-15(21-11)17(12-6-7-12)23-19(25)22-13-8-9-16(26-2)14(10-13)18(20)24/h3-5,8-10,12,17H,6-7H2,1-2H3,(H2,20,24)(H2,22,23,25). The van der Waals surface area contributed by atoms with Crippen molar-refractivity contribution in [3.8, 4) is 5.75 Å². The molecule has 7 nitrogen and oxygen atoms in total. The second-order valence-electron chi connectivity index (χ2n) is 6.40. The number of pyridine rings is 1. The van der Waals surface area contributed by atoms with Crippen molar-refractivity contribution >= 4 is 17.6 Å². The number of rotatable bonds is 6. The number of anilines is 1. The van der Waals surface area contributed by atoms with E-state index >= 15 is 0 Å². The molecule has 3 rings (SSSR count). The first-order chi connectivity index (χ1) is 12.5. The van der Waals surface area contributed by atoms with Gasteiger partial charge in [-0.1, -0.05) is 6.07 Å². The largest absolute Gasteiger partial charge is 0.496 e. The number of carbonyl (C=O) groups is 2. The van der Waals surface area contributed by atoms with Crippen LogP contribution in [0.4, 0.5) is 10.5 Å². The molecule has 1 fully saturated rings. The van der Waals surface area contributed by atoms with Crippen molar-refractivity contribution in [1.82, 2.24) is 10.3 Å². The summed E-state index contributed by atoms with van der Waals surface area (Å²) in [5, 5.41) is 5.73. The molecule has 1 aromatic carbocycles. The Kier molecular flexibility index (Phi) is 5.06. The highest BCUT2D eigenvalue weighted by Gasteiger charge is 2.34. The number of aryl methyl sites for hydroxylation is 1. The van der Waals surface area contributed by atoms with Crippen LogP contribution in [0.25, 0.3) is 0 Å². The number of ether oxygens (including phenoxy) is 1. The second-order valence-corrected chi connectivity index (χ2v) is 6.40. The number of carbonyl (C=O) groups excluding carboxylic acids is 2. The second kappa shape index (κ2) is 7.43. The van der Waals surface area contributed by atoms with Gasteiger partial charge in [0.2, 0.25) is 0 Å². The van der Waals surface area contributed by atoms with Crippen molar-refractivity contribution in [3.05, 3.63) is 53.3 Å². The van der Waals surface area contributed by atoms with E-state index in [0.717, 1.165) is 24.2 Å². The molecule has 1 saturated carbocycles. The van der Waals surface area contributed by atoms with Gasteiger partial charge in [-0.2, -0.15) is 0 Å². The number of amides is 3. The van der Waals surface area contributed by atoms with E-state index in [-0.39, 0.29) is 17.6 Å². The number of hydrogen-bond acceptors (Lipinski definition) is 4. The summed E-state index contributed by atoms with van der Waals surface area (Å²) >= 11 is 0. The van der Waals surface area contributed by atoms with Crippen molar-refractivity contribution in [2.45, 2.75) is 25.8 Å². The summed E-state index contributed by atoms with van der Waals surface area (Å²) in [4.78, 5) is 28.5. The molecule has 0 aliphatic heterocycles. The van der Waals surface area contributed by atoms with Crippen LogP contribution in [0.15, 0.2) is 36.4 Å². The van der Waals surface area contributed by atoms with Gasteiger partial charge in [-0.3, -0.25) is 9.78 Å². The van der Waals surface area contributed by atoms with Gasteiger partial charge in [-0.25, -0.2) is 4.79 Å². The summed E-state index contributed by atoms with van der Waals surface area (Å²) < 4.78 is 5.10. The van der Waals surface area contributed by atoms with Crippen LogP contribution in [-0.4, -0.2) is 24.0 Å². The molecule has 7 heteroatoms. The van der Waals surface area contributed by atoms with Crippen LogP contribution in [0.1, 0.15) is 40.6 Å². The van der Waals surface area contributed by atoms with Gasteiger partial charge < -0.3 is 21.1 Å². The van der Waals surface area contributed by atoms with Gasteiger partial charge in [0.25, 0.3) is 5.91 Å². The third-order valence-electron chi connectivity index (χ3n) is 4.33. The van der Waals surface area contributed by atoms with Crippen LogP contribution >= 0.6 is 0 Å². The van der Waals surface area contributed by atoms with Crippen molar-refractivity contribution in [3.63, 3.8) is 0 Å². The minimum Gasteiger partial charge on any atom is -0.496 e. The molecule has 1 aromatic heterocycles. The summed E-state index contributed by atoms with van der Waals surface area (Å²) in [5.74, 6) is 0.140. The zero-order valence-corrected chi connectivity index (χ0v) is 14.8. The molecular formula is C19H22N4O3. The summed E-state index contributed by atoms with van der Waals surface area (Å²) in [5.41, 5.74) is 7.80. The molecule has 26 heavy (non-hydrogen) atoms. The molecular weight excluding hydrogens is 332 g/mol. The molecule has 2 aromatic rings. The zero-order chi connectivity index (χ0) is 18.7. The maximum atomic E-state index is 12.5. The minimum atomic E-state index is -0.620. The molecule has 1 aliphatic carbocycles. The predicted octanol–water partition coefficient (Wildman–Crippen LogP) is 2.77. The number of nitrogens with one attached hydrogen (secondary N) is 2. The highest BCUT2D eigenvalue weighted by Crippen LogP contribution is 2.40. The quantitative estimate of drug-likeness (QED) is 0.741. The number of hydrogen-bond donors (Lipinski definition) is 3. The molecule has 3 amide bonds. The normalized spacial score (nSPS) is 14.4. The van der Waals surface area contributed by atoms with Crippen LogP contribution in [0.3, 0.4) is 0 Å². The van der Waals surface area contributed by atoms with Gasteiger partial charge in [-0.15, -0.1) is 0 Å². The lowest BCUT2D eigenvalue weighted by Crippen LogP contribution is -2.34.